The molecule has 0 aliphatic carbocycles. The highest BCUT2D eigenvalue weighted by molar-refractivity contribution is 9.11. The van der Waals surface area contributed by atoms with Gasteiger partial charge in [-0.05, 0) is 37.9 Å². The van der Waals surface area contributed by atoms with Gasteiger partial charge in [0.15, 0.2) is 0 Å². The molecule has 13 heavy (non-hydrogen) atoms. The molecule has 2 N–H and O–H groups in total. The van der Waals surface area contributed by atoms with Crippen molar-refractivity contribution in [2.24, 2.45) is 5.73 Å². The van der Waals surface area contributed by atoms with E-state index in [9.17, 15) is 0 Å². The second-order valence-corrected chi connectivity index (χ2v) is 5.34. The van der Waals surface area contributed by atoms with E-state index in [2.05, 4.69) is 50.7 Å². The lowest BCUT2D eigenvalue weighted by Crippen LogP contribution is -2.29. The van der Waals surface area contributed by atoms with E-state index >= 15 is 0 Å². The summed E-state index contributed by atoms with van der Waals surface area (Å²) in [5.41, 5.74) is 6.59. The molecule has 0 unspecified atom stereocenters. The molecule has 72 valence electrons. The van der Waals surface area contributed by atoms with Crippen LogP contribution >= 0.6 is 31.9 Å². The van der Waals surface area contributed by atoms with Gasteiger partial charge in [-0.1, -0.05) is 13.8 Å². The third kappa shape index (κ3) is 2.51. The number of hydrogen-bond acceptors (Lipinski definition) is 2. The Kier molecular flexibility index (Phi) is 3.49. The minimum Gasteiger partial charge on any atom is -0.330 e. The largest absolute Gasteiger partial charge is 0.330 e. The lowest BCUT2D eigenvalue weighted by atomic mass is 9.89. The summed E-state index contributed by atoms with van der Waals surface area (Å²) >= 11 is 6.84. The Morgan fingerprint density at radius 1 is 1.46 bits per heavy atom. The van der Waals surface area contributed by atoms with E-state index in [4.69, 9.17) is 5.73 Å². The predicted octanol–water partition coefficient (Wildman–Crippen LogP) is 2.84. The number of nitrogens with zero attached hydrogens (tertiary/aromatic N) is 1. The predicted molar refractivity (Wildman–Crippen MR) is 61.7 cm³/mol. The van der Waals surface area contributed by atoms with Crippen molar-refractivity contribution >= 4 is 31.9 Å². The molecule has 0 aliphatic heterocycles. The monoisotopic (exact) mass is 306 g/mol. The van der Waals surface area contributed by atoms with Crippen molar-refractivity contribution in [3.05, 3.63) is 26.9 Å². The first-order valence-electron chi connectivity index (χ1n) is 3.99. The smallest absolute Gasteiger partial charge is 0.0615 e. The van der Waals surface area contributed by atoms with Crippen LogP contribution in [0.25, 0.3) is 0 Å². The third-order valence-electron chi connectivity index (χ3n) is 1.96. The molecule has 0 aromatic carbocycles. The molecule has 0 saturated carbocycles. The first kappa shape index (κ1) is 11.1. The highest BCUT2D eigenvalue weighted by atomic mass is 79.9. The van der Waals surface area contributed by atoms with Gasteiger partial charge in [0.2, 0.25) is 0 Å². The Labute approximate surface area is 95.2 Å². The Balaban J connectivity index is 3.16. The normalized spacial score (nSPS) is 11.8. The summed E-state index contributed by atoms with van der Waals surface area (Å²) < 4.78 is 1.97. The Morgan fingerprint density at radius 3 is 2.54 bits per heavy atom. The summed E-state index contributed by atoms with van der Waals surface area (Å²) in [6.07, 6.45) is 1.79. The molecule has 0 aliphatic rings. The van der Waals surface area contributed by atoms with Crippen LogP contribution in [0.5, 0.6) is 0 Å². The minimum atomic E-state index is -0.0838. The van der Waals surface area contributed by atoms with Crippen LogP contribution in [0, 0.1) is 0 Å². The van der Waals surface area contributed by atoms with Gasteiger partial charge in [-0.2, -0.15) is 0 Å². The first-order valence-corrected chi connectivity index (χ1v) is 5.57. The van der Waals surface area contributed by atoms with E-state index in [1.54, 1.807) is 6.20 Å². The zero-order chi connectivity index (χ0) is 10.1. The van der Waals surface area contributed by atoms with E-state index in [1.807, 2.05) is 6.07 Å². The van der Waals surface area contributed by atoms with Crippen LogP contribution in [0.1, 0.15) is 19.5 Å². The maximum Gasteiger partial charge on any atom is 0.0615 e. The van der Waals surface area contributed by atoms with Gasteiger partial charge in [0.1, 0.15) is 0 Å². The van der Waals surface area contributed by atoms with Crippen molar-refractivity contribution in [2.45, 2.75) is 19.3 Å². The molecule has 0 radical (unpaired) electrons. The zero-order valence-electron chi connectivity index (χ0n) is 7.64. The zero-order valence-corrected chi connectivity index (χ0v) is 10.8. The Hall–Kier alpha value is 0.0700. The molecular weight excluding hydrogens is 296 g/mol. The maximum absolute atomic E-state index is 5.67. The lowest BCUT2D eigenvalue weighted by molar-refractivity contribution is 0.518. The van der Waals surface area contributed by atoms with Crippen molar-refractivity contribution in [1.82, 2.24) is 4.98 Å². The molecule has 0 amide bonds. The fourth-order valence-electron chi connectivity index (χ4n) is 1.01. The van der Waals surface area contributed by atoms with Gasteiger partial charge in [0, 0.05) is 27.1 Å². The molecule has 2 nitrogen and oxygen atoms in total. The van der Waals surface area contributed by atoms with Crippen molar-refractivity contribution < 1.29 is 0 Å². The van der Waals surface area contributed by atoms with E-state index in [-0.39, 0.29) is 5.41 Å². The third-order valence-corrected chi connectivity index (χ3v) is 3.00. The van der Waals surface area contributed by atoms with E-state index in [0.717, 1.165) is 14.6 Å². The highest BCUT2D eigenvalue weighted by Gasteiger charge is 2.22. The molecule has 0 bridgehead atoms. The van der Waals surface area contributed by atoms with Gasteiger partial charge in [-0.25, -0.2) is 0 Å². The number of aromatic nitrogens is 1. The van der Waals surface area contributed by atoms with Gasteiger partial charge in [0.25, 0.3) is 0 Å². The molecule has 1 aromatic heterocycles. The van der Waals surface area contributed by atoms with Crippen molar-refractivity contribution in [1.29, 1.82) is 0 Å². The molecule has 4 heteroatoms. The number of rotatable bonds is 2. The molecule has 0 spiro atoms. The second-order valence-electron chi connectivity index (χ2n) is 3.57. The lowest BCUT2D eigenvalue weighted by Gasteiger charge is -2.22. The number of halogens is 2. The Morgan fingerprint density at radius 2 is 2.08 bits per heavy atom. The van der Waals surface area contributed by atoms with Gasteiger partial charge in [-0.15, -0.1) is 0 Å². The average Bonchev–Trinajstić information content (AvgIpc) is 2.03. The SMILES string of the molecule is CC(C)(CN)c1ncc(Br)cc1Br. The van der Waals surface area contributed by atoms with Crippen LogP contribution in [0.15, 0.2) is 21.2 Å². The molecule has 1 aromatic rings. The maximum atomic E-state index is 5.67. The Bertz CT molecular complexity index is 310. The van der Waals surface area contributed by atoms with Gasteiger partial charge >= 0.3 is 0 Å². The van der Waals surface area contributed by atoms with Crippen molar-refractivity contribution in [3.8, 4) is 0 Å². The summed E-state index contributed by atoms with van der Waals surface area (Å²) in [5.74, 6) is 0. The standard InChI is InChI=1S/C9H12Br2N2/c1-9(2,5-12)8-7(11)3-6(10)4-13-8/h3-4H,5,12H2,1-2H3. The van der Waals surface area contributed by atoms with Gasteiger partial charge in [-0.3, -0.25) is 4.98 Å². The van der Waals surface area contributed by atoms with Crippen LogP contribution in [-0.2, 0) is 5.41 Å². The fourth-order valence-corrected chi connectivity index (χ4v) is 2.53. The van der Waals surface area contributed by atoms with E-state index in [1.165, 1.54) is 0 Å². The number of pyridine rings is 1. The molecular formula is C9H12Br2N2. The molecule has 0 atom stereocenters. The summed E-state index contributed by atoms with van der Waals surface area (Å²) in [5, 5.41) is 0. The quantitative estimate of drug-likeness (QED) is 0.912. The second kappa shape index (κ2) is 4.07. The fraction of sp³-hybridized carbons (Fsp3) is 0.444. The summed E-state index contributed by atoms with van der Waals surface area (Å²) in [6.45, 7) is 4.74. The molecule has 1 heterocycles. The van der Waals surface area contributed by atoms with Crippen LogP contribution in [0.4, 0.5) is 0 Å². The van der Waals surface area contributed by atoms with Crippen LogP contribution in [0.3, 0.4) is 0 Å². The number of nitrogens with two attached hydrogens (primary N) is 1. The highest BCUT2D eigenvalue weighted by Crippen LogP contribution is 2.29. The van der Waals surface area contributed by atoms with Crippen molar-refractivity contribution in [3.63, 3.8) is 0 Å². The topological polar surface area (TPSA) is 38.9 Å². The van der Waals surface area contributed by atoms with Crippen LogP contribution in [0.2, 0.25) is 0 Å². The summed E-state index contributed by atoms with van der Waals surface area (Å²) in [7, 11) is 0. The molecule has 0 fully saturated rings. The molecule has 0 saturated heterocycles. The number of hydrogen-bond donors (Lipinski definition) is 1. The van der Waals surface area contributed by atoms with Crippen LogP contribution < -0.4 is 5.73 Å². The summed E-state index contributed by atoms with van der Waals surface area (Å²) in [6, 6.07) is 1.99. The van der Waals surface area contributed by atoms with Gasteiger partial charge < -0.3 is 5.73 Å². The van der Waals surface area contributed by atoms with Crippen LogP contribution in [-0.4, -0.2) is 11.5 Å². The first-order chi connectivity index (χ1) is 5.97. The minimum absolute atomic E-state index is 0.0838. The van der Waals surface area contributed by atoms with E-state index in [0.29, 0.717) is 6.54 Å². The van der Waals surface area contributed by atoms with Gasteiger partial charge in [0.05, 0.1) is 5.69 Å². The summed E-state index contributed by atoms with van der Waals surface area (Å²) in [4.78, 5) is 4.35. The average molecular weight is 308 g/mol. The molecule has 1 rings (SSSR count). The van der Waals surface area contributed by atoms with E-state index < -0.39 is 0 Å². The van der Waals surface area contributed by atoms with Crippen molar-refractivity contribution in [2.75, 3.05) is 6.54 Å².